The zero-order valence-electron chi connectivity index (χ0n) is 16.9. The molecular formula is C23H20Cl2N2O4. The number of benzene rings is 2. The topological polar surface area (TPSA) is 77.5 Å². The van der Waals surface area contributed by atoms with E-state index in [0.717, 1.165) is 5.56 Å². The van der Waals surface area contributed by atoms with Crippen LogP contribution in [0.4, 0.5) is 0 Å². The van der Waals surface area contributed by atoms with Gasteiger partial charge < -0.3 is 14.8 Å². The minimum atomic E-state index is -0.440. The van der Waals surface area contributed by atoms with E-state index >= 15 is 0 Å². The summed E-state index contributed by atoms with van der Waals surface area (Å²) in [6.45, 7) is 1.96. The molecule has 3 aromatic rings. The first-order valence-electron chi connectivity index (χ1n) is 9.38. The highest BCUT2D eigenvalue weighted by Gasteiger charge is 2.17. The molecule has 0 bridgehead atoms. The molecule has 0 radical (unpaired) electrons. The van der Waals surface area contributed by atoms with Crippen molar-refractivity contribution in [2.75, 3.05) is 7.11 Å². The predicted octanol–water partition coefficient (Wildman–Crippen LogP) is 5.25. The lowest BCUT2D eigenvalue weighted by Crippen LogP contribution is -2.28. The summed E-state index contributed by atoms with van der Waals surface area (Å²) >= 11 is 12.1. The monoisotopic (exact) mass is 458 g/mol. The minimum absolute atomic E-state index is 0.133. The average molecular weight is 459 g/mol. The highest BCUT2D eigenvalue weighted by atomic mass is 35.5. The van der Waals surface area contributed by atoms with E-state index in [2.05, 4.69) is 10.3 Å². The lowest BCUT2D eigenvalue weighted by Gasteiger charge is -2.17. The fraction of sp³-hybridized carbons (Fsp3) is 0.174. The molecule has 0 saturated heterocycles. The predicted molar refractivity (Wildman–Crippen MR) is 119 cm³/mol. The van der Waals surface area contributed by atoms with Crippen molar-refractivity contribution in [2.24, 2.45) is 0 Å². The normalized spacial score (nSPS) is 11.5. The van der Waals surface area contributed by atoms with Gasteiger partial charge in [0, 0.05) is 28.4 Å². The van der Waals surface area contributed by atoms with Crippen LogP contribution in [-0.4, -0.2) is 24.0 Å². The molecule has 1 heterocycles. The van der Waals surface area contributed by atoms with Gasteiger partial charge in [0.1, 0.15) is 12.4 Å². The summed E-state index contributed by atoms with van der Waals surface area (Å²) in [5, 5.41) is 3.82. The van der Waals surface area contributed by atoms with Gasteiger partial charge in [0.05, 0.1) is 29.9 Å². The maximum absolute atomic E-state index is 13.0. The smallest absolute Gasteiger partial charge is 0.337 e. The molecule has 6 nitrogen and oxygen atoms in total. The van der Waals surface area contributed by atoms with E-state index in [1.165, 1.54) is 19.5 Å². The van der Waals surface area contributed by atoms with E-state index in [9.17, 15) is 9.59 Å². The summed E-state index contributed by atoms with van der Waals surface area (Å²) in [4.78, 5) is 28.7. The molecule has 1 atom stereocenters. The van der Waals surface area contributed by atoms with E-state index in [1.807, 2.05) is 13.0 Å². The molecular weight excluding hydrogens is 439 g/mol. The average Bonchev–Trinajstić information content (AvgIpc) is 2.77. The fourth-order valence-electron chi connectivity index (χ4n) is 2.93. The summed E-state index contributed by atoms with van der Waals surface area (Å²) in [7, 11) is 1.32. The first-order chi connectivity index (χ1) is 14.9. The largest absolute Gasteiger partial charge is 0.487 e. The molecule has 0 spiro atoms. The quantitative estimate of drug-likeness (QED) is 0.489. The zero-order valence-corrected chi connectivity index (χ0v) is 18.4. The van der Waals surface area contributed by atoms with E-state index < -0.39 is 5.97 Å². The van der Waals surface area contributed by atoms with Crippen LogP contribution in [0, 0.1) is 0 Å². The van der Waals surface area contributed by atoms with Crippen LogP contribution < -0.4 is 10.1 Å². The molecule has 0 aliphatic heterocycles. The lowest BCUT2D eigenvalue weighted by atomic mass is 10.0. The van der Waals surface area contributed by atoms with Crippen LogP contribution in [0.15, 0.2) is 60.9 Å². The molecule has 0 aliphatic carbocycles. The Labute approximate surface area is 190 Å². The third-order valence-electron chi connectivity index (χ3n) is 4.55. The maximum Gasteiger partial charge on any atom is 0.337 e. The van der Waals surface area contributed by atoms with Gasteiger partial charge in [-0.05, 0) is 36.8 Å². The number of esters is 1. The second-order valence-electron chi connectivity index (χ2n) is 6.74. The highest BCUT2D eigenvalue weighted by Crippen LogP contribution is 2.22. The van der Waals surface area contributed by atoms with Gasteiger partial charge in [0.25, 0.3) is 5.91 Å². The number of aromatic nitrogens is 1. The van der Waals surface area contributed by atoms with Crippen LogP contribution in [-0.2, 0) is 11.3 Å². The molecule has 1 aromatic heterocycles. The summed E-state index contributed by atoms with van der Waals surface area (Å²) in [5.74, 6) is -0.270. The Hall–Kier alpha value is -3.09. The first kappa shape index (κ1) is 22.6. The molecule has 0 aliphatic rings. The number of rotatable bonds is 7. The van der Waals surface area contributed by atoms with E-state index in [4.69, 9.17) is 32.7 Å². The summed E-state index contributed by atoms with van der Waals surface area (Å²) < 4.78 is 10.5. The van der Waals surface area contributed by atoms with Crippen molar-refractivity contribution >= 4 is 35.1 Å². The molecule has 0 fully saturated rings. The van der Waals surface area contributed by atoms with Crippen molar-refractivity contribution in [3.8, 4) is 5.75 Å². The van der Waals surface area contributed by atoms with Gasteiger partial charge in [-0.15, -0.1) is 0 Å². The van der Waals surface area contributed by atoms with Crippen molar-refractivity contribution in [1.82, 2.24) is 10.3 Å². The van der Waals surface area contributed by atoms with Gasteiger partial charge >= 0.3 is 5.97 Å². The number of carbonyl (C=O) groups excluding carboxylic acids is 2. The number of nitrogens with zero attached hydrogens (tertiary/aromatic N) is 1. The fourth-order valence-corrected chi connectivity index (χ4v) is 3.26. The number of hydrogen-bond donors (Lipinski definition) is 1. The third-order valence-corrected chi connectivity index (χ3v) is 4.99. The Morgan fingerprint density at radius 2 is 1.87 bits per heavy atom. The van der Waals surface area contributed by atoms with Crippen molar-refractivity contribution in [3.63, 3.8) is 0 Å². The lowest BCUT2D eigenvalue weighted by molar-refractivity contribution is 0.0600. The van der Waals surface area contributed by atoms with Crippen molar-refractivity contribution in [1.29, 1.82) is 0 Å². The van der Waals surface area contributed by atoms with Crippen LogP contribution in [0.3, 0.4) is 0 Å². The highest BCUT2D eigenvalue weighted by molar-refractivity contribution is 6.31. The van der Waals surface area contributed by atoms with Crippen LogP contribution in [0.1, 0.15) is 44.8 Å². The van der Waals surface area contributed by atoms with Gasteiger partial charge in [0.15, 0.2) is 0 Å². The number of hydrogen-bond acceptors (Lipinski definition) is 5. The molecule has 2 aromatic carbocycles. The molecule has 0 saturated carbocycles. The number of halogens is 2. The van der Waals surface area contributed by atoms with E-state index in [-0.39, 0.29) is 18.6 Å². The first-order valence-corrected chi connectivity index (χ1v) is 10.1. The van der Waals surface area contributed by atoms with Crippen LogP contribution >= 0.6 is 23.2 Å². The SMILES string of the molecule is COC(=O)c1cccc([C@H](C)NC(=O)c2cc(Cl)ccc2COc2cncc(Cl)c2)c1. The molecule has 1 N–H and O–H groups in total. The van der Waals surface area contributed by atoms with E-state index in [0.29, 0.717) is 32.5 Å². The number of methoxy groups -OCH3 is 1. The zero-order chi connectivity index (χ0) is 22.4. The molecule has 3 rings (SSSR count). The van der Waals surface area contributed by atoms with Gasteiger partial charge in [0.2, 0.25) is 0 Å². The summed E-state index contributed by atoms with van der Waals surface area (Å²) in [5.41, 5.74) is 2.21. The molecule has 31 heavy (non-hydrogen) atoms. The van der Waals surface area contributed by atoms with Gasteiger partial charge in [-0.3, -0.25) is 9.78 Å². The number of carbonyl (C=O) groups is 2. The van der Waals surface area contributed by atoms with Crippen LogP contribution in [0.5, 0.6) is 5.75 Å². The standard InChI is InChI=1S/C23H20Cl2N2O4/c1-14(15-4-3-5-16(8-15)23(29)30-2)27-22(28)21-10-18(24)7-6-17(21)13-31-20-9-19(25)11-26-12-20/h3-12,14H,13H2,1-2H3,(H,27,28)/t14-/m0/s1. The van der Waals surface area contributed by atoms with Crippen molar-refractivity contribution < 1.29 is 19.1 Å². The summed E-state index contributed by atoms with van der Waals surface area (Å²) in [6.07, 6.45) is 3.05. The molecule has 1 amide bonds. The van der Waals surface area contributed by atoms with Gasteiger partial charge in [-0.2, -0.15) is 0 Å². The second-order valence-corrected chi connectivity index (χ2v) is 7.61. The minimum Gasteiger partial charge on any atom is -0.487 e. The molecule has 8 heteroatoms. The van der Waals surface area contributed by atoms with Crippen LogP contribution in [0.2, 0.25) is 10.0 Å². The second kappa shape index (κ2) is 10.3. The molecule has 0 unspecified atom stereocenters. The van der Waals surface area contributed by atoms with Crippen LogP contribution in [0.25, 0.3) is 0 Å². The molecule has 160 valence electrons. The Morgan fingerprint density at radius 3 is 2.61 bits per heavy atom. The number of amides is 1. The summed E-state index contributed by atoms with van der Waals surface area (Å²) in [6, 6.07) is 13.2. The van der Waals surface area contributed by atoms with Crippen molar-refractivity contribution in [3.05, 3.63) is 93.2 Å². The maximum atomic E-state index is 13.0. The van der Waals surface area contributed by atoms with Crippen molar-refractivity contribution in [2.45, 2.75) is 19.6 Å². The Balaban J connectivity index is 1.76. The number of pyridine rings is 1. The third kappa shape index (κ3) is 5.96. The van der Waals surface area contributed by atoms with Gasteiger partial charge in [-0.1, -0.05) is 41.4 Å². The Bertz CT molecular complexity index is 1100. The van der Waals surface area contributed by atoms with Gasteiger partial charge in [-0.25, -0.2) is 4.79 Å². The number of nitrogens with one attached hydrogen (secondary N) is 1. The Kier molecular flexibility index (Phi) is 7.50. The Morgan fingerprint density at radius 1 is 1.06 bits per heavy atom. The number of ether oxygens (including phenoxy) is 2. The van der Waals surface area contributed by atoms with E-state index in [1.54, 1.807) is 42.5 Å².